The number of hydrogen-bond donors (Lipinski definition) is 1. The molecule has 0 saturated carbocycles. The van der Waals surface area contributed by atoms with Gasteiger partial charge in [0, 0.05) is 16.1 Å². The van der Waals surface area contributed by atoms with Crippen molar-refractivity contribution in [2.24, 2.45) is 0 Å². The van der Waals surface area contributed by atoms with Crippen molar-refractivity contribution in [2.75, 3.05) is 0 Å². The van der Waals surface area contributed by atoms with Crippen molar-refractivity contribution in [2.45, 2.75) is 0 Å². The summed E-state index contributed by atoms with van der Waals surface area (Å²) in [5, 5.41) is 8.50. The maximum absolute atomic E-state index is 10.4. The van der Waals surface area contributed by atoms with E-state index in [1.165, 1.54) is 6.08 Å². The van der Waals surface area contributed by atoms with Crippen molar-refractivity contribution in [3.63, 3.8) is 0 Å². The van der Waals surface area contributed by atoms with Gasteiger partial charge in [0.2, 0.25) is 0 Å². The van der Waals surface area contributed by atoms with E-state index in [0.29, 0.717) is 11.5 Å². The molecule has 17 heavy (non-hydrogen) atoms. The summed E-state index contributed by atoms with van der Waals surface area (Å²) in [5.74, 6) is 0.236. The quantitative estimate of drug-likeness (QED) is 0.875. The van der Waals surface area contributed by atoms with Gasteiger partial charge in [-0.1, -0.05) is 28.1 Å². The second-order valence-corrected chi connectivity index (χ2v) is 4.30. The zero-order valence-corrected chi connectivity index (χ0v) is 10.3. The number of aliphatic carboxylic acids is 1. The molecule has 0 bridgehead atoms. The summed E-state index contributed by atoms with van der Waals surface area (Å²) in [7, 11) is 0. The molecule has 0 radical (unpaired) electrons. The van der Waals surface area contributed by atoms with Gasteiger partial charge in [0.25, 0.3) is 0 Å². The van der Waals surface area contributed by atoms with Gasteiger partial charge in [-0.25, -0.2) is 4.79 Å². The molecule has 86 valence electrons. The summed E-state index contributed by atoms with van der Waals surface area (Å²) in [6.07, 6.45) is 2.47. The molecule has 0 aliphatic rings. The molecule has 2 aromatic rings. The number of hydrogen-bond acceptors (Lipinski definition) is 2. The lowest BCUT2D eigenvalue weighted by atomic mass is 10.2. The smallest absolute Gasteiger partial charge is 0.328 e. The minimum absolute atomic E-state index is 0.519. The SMILES string of the molecule is O=C(O)/C=C/c1ccc(-c2ccc(Br)cc2)o1. The first-order chi connectivity index (χ1) is 8.15. The van der Waals surface area contributed by atoms with Crippen molar-refractivity contribution < 1.29 is 14.3 Å². The van der Waals surface area contributed by atoms with Gasteiger partial charge in [-0.05, 0) is 30.3 Å². The van der Waals surface area contributed by atoms with E-state index >= 15 is 0 Å². The molecule has 1 aromatic heterocycles. The van der Waals surface area contributed by atoms with Crippen molar-refractivity contribution in [3.05, 3.63) is 52.7 Å². The molecule has 0 fully saturated rings. The maximum atomic E-state index is 10.4. The molecule has 0 saturated heterocycles. The van der Waals surface area contributed by atoms with E-state index in [1.54, 1.807) is 6.07 Å². The second kappa shape index (κ2) is 5.01. The van der Waals surface area contributed by atoms with Crippen LogP contribution >= 0.6 is 15.9 Å². The summed E-state index contributed by atoms with van der Waals surface area (Å²) >= 11 is 3.36. The third kappa shape index (κ3) is 3.07. The number of furan rings is 1. The molecule has 1 aromatic carbocycles. The van der Waals surface area contributed by atoms with Crippen molar-refractivity contribution in [3.8, 4) is 11.3 Å². The van der Waals surface area contributed by atoms with Gasteiger partial charge in [-0.2, -0.15) is 0 Å². The zero-order valence-electron chi connectivity index (χ0n) is 8.76. The van der Waals surface area contributed by atoms with Gasteiger partial charge in [-0.3, -0.25) is 0 Å². The third-order valence-corrected chi connectivity index (χ3v) is 2.67. The molecular formula is C13H9BrO3. The summed E-state index contributed by atoms with van der Waals surface area (Å²) in [5.41, 5.74) is 0.947. The van der Waals surface area contributed by atoms with E-state index in [0.717, 1.165) is 16.1 Å². The Hall–Kier alpha value is -1.81. The second-order valence-electron chi connectivity index (χ2n) is 3.38. The van der Waals surface area contributed by atoms with Crippen LogP contribution in [-0.4, -0.2) is 11.1 Å². The van der Waals surface area contributed by atoms with Crippen LogP contribution in [0.5, 0.6) is 0 Å². The van der Waals surface area contributed by atoms with E-state index in [9.17, 15) is 4.79 Å². The molecule has 0 aliphatic carbocycles. The number of carbonyl (C=O) groups is 1. The number of benzene rings is 1. The van der Waals surface area contributed by atoms with Gasteiger partial charge in [0.15, 0.2) is 0 Å². The lowest BCUT2D eigenvalue weighted by Crippen LogP contribution is -1.84. The van der Waals surface area contributed by atoms with Gasteiger partial charge < -0.3 is 9.52 Å². The first-order valence-corrected chi connectivity index (χ1v) is 5.71. The minimum Gasteiger partial charge on any atom is -0.478 e. The molecular weight excluding hydrogens is 284 g/mol. The van der Waals surface area contributed by atoms with Crippen LogP contribution in [-0.2, 0) is 4.79 Å². The number of halogens is 1. The van der Waals surface area contributed by atoms with E-state index in [1.807, 2.05) is 30.3 Å². The van der Waals surface area contributed by atoms with Gasteiger partial charge in [0.05, 0.1) is 0 Å². The Balaban J connectivity index is 2.23. The van der Waals surface area contributed by atoms with E-state index in [-0.39, 0.29) is 0 Å². The Morgan fingerprint density at radius 1 is 1.18 bits per heavy atom. The van der Waals surface area contributed by atoms with Crippen LogP contribution in [0.2, 0.25) is 0 Å². The average molecular weight is 293 g/mol. The Kier molecular flexibility index (Phi) is 3.44. The van der Waals surface area contributed by atoms with Crippen LogP contribution in [0.1, 0.15) is 5.76 Å². The molecule has 4 heteroatoms. The predicted molar refractivity (Wildman–Crippen MR) is 68.5 cm³/mol. The van der Waals surface area contributed by atoms with Crippen molar-refractivity contribution in [1.29, 1.82) is 0 Å². The van der Waals surface area contributed by atoms with E-state index < -0.39 is 5.97 Å². The Bertz CT molecular complexity index is 552. The highest BCUT2D eigenvalue weighted by atomic mass is 79.9. The van der Waals surface area contributed by atoms with Crippen LogP contribution in [0.15, 0.2) is 51.4 Å². The van der Waals surface area contributed by atoms with E-state index in [2.05, 4.69) is 15.9 Å². The predicted octanol–water partition coefficient (Wildman–Crippen LogP) is 3.81. The fourth-order valence-corrected chi connectivity index (χ4v) is 1.63. The molecule has 0 atom stereocenters. The van der Waals surface area contributed by atoms with Crippen molar-refractivity contribution >= 4 is 28.0 Å². The summed E-state index contributed by atoms with van der Waals surface area (Å²) in [4.78, 5) is 10.4. The lowest BCUT2D eigenvalue weighted by Gasteiger charge is -1.96. The molecule has 0 aliphatic heterocycles. The Labute approximate surface area is 107 Å². The largest absolute Gasteiger partial charge is 0.478 e. The molecule has 0 unspecified atom stereocenters. The van der Waals surface area contributed by atoms with Crippen LogP contribution < -0.4 is 0 Å². The monoisotopic (exact) mass is 292 g/mol. The van der Waals surface area contributed by atoms with Gasteiger partial charge in [-0.15, -0.1) is 0 Å². The molecule has 1 N–H and O–H groups in total. The van der Waals surface area contributed by atoms with E-state index in [4.69, 9.17) is 9.52 Å². The molecule has 1 heterocycles. The first kappa shape index (κ1) is 11.7. The molecule has 3 nitrogen and oxygen atoms in total. The lowest BCUT2D eigenvalue weighted by molar-refractivity contribution is -0.131. The Morgan fingerprint density at radius 2 is 1.88 bits per heavy atom. The molecule has 2 rings (SSSR count). The summed E-state index contributed by atoms with van der Waals surface area (Å²) in [6.45, 7) is 0. The fraction of sp³-hybridized carbons (Fsp3) is 0. The van der Waals surface area contributed by atoms with Crippen LogP contribution in [0.3, 0.4) is 0 Å². The normalized spacial score (nSPS) is 10.9. The Morgan fingerprint density at radius 3 is 2.53 bits per heavy atom. The zero-order chi connectivity index (χ0) is 12.3. The topological polar surface area (TPSA) is 50.4 Å². The fourth-order valence-electron chi connectivity index (χ4n) is 1.37. The highest BCUT2D eigenvalue weighted by molar-refractivity contribution is 9.10. The van der Waals surface area contributed by atoms with Crippen LogP contribution in [0.25, 0.3) is 17.4 Å². The molecule has 0 spiro atoms. The summed E-state index contributed by atoms with van der Waals surface area (Å²) in [6, 6.07) is 11.2. The maximum Gasteiger partial charge on any atom is 0.328 e. The number of rotatable bonds is 3. The van der Waals surface area contributed by atoms with Gasteiger partial charge >= 0.3 is 5.97 Å². The van der Waals surface area contributed by atoms with Crippen LogP contribution in [0.4, 0.5) is 0 Å². The number of carboxylic acids is 1. The average Bonchev–Trinajstić information content (AvgIpc) is 2.76. The number of carboxylic acid groups (broad SMARTS) is 1. The van der Waals surface area contributed by atoms with Gasteiger partial charge in [0.1, 0.15) is 11.5 Å². The summed E-state index contributed by atoms with van der Waals surface area (Å²) < 4.78 is 6.49. The minimum atomic E-state index is -0.994. The first-order valence-electron chi connectivity index (χ1n) is 4.92. The van der Waals surface area contributed by atoms with Crippen molar-refractivity contribution in [1.82, 2.24) is 0 Å². The highest BCUT2D eigenvalue weighted by Gasteiger charge is 2.02. The standard InChI is InChI=1S/C13H9BrO3/c14-10-3-1-9(2-4-10)12-7-5-11(17-12)6-8-13(15)16/h1-8H,(H,15,16)/b8-6+. The van der Waals surface area contributed by atoms with Crippen LogP contribution in [0, 0.1) is 0 Å². The molecule has 0 amide bonds. The highest BCUT2D eigenvalue weighted by Crippen LogP contribution is 2.24. The third-order valence-electron chi connectivity index (χ3n) is 2.15.